The molecule has 7 nitrogen and oxygen atoms in total. The fourth-order valence-electron chi connectivity index (χ4n) is 3.02. The fraction of sp³-hybridized carbons (Fsp3) is 0.421. The summed E-state index contributed by atoms with van der Waals surface area (Å²) in [6.07, 6.45) is 3.60. The molecule has 1 fully saturated rings. The number of likely N-dealkylation sites (tertiary alicyclic amines) is 1. The Kier molecular flexibility index (Phi) is 5.88. The summed E-state index contributed by atoms with van der Waals surface area (Å²) in [5.74, 6) is 1.93. The van der Waals surface area contributed by atoms with Crippen molar-refractivity contribution in [2.24, 2.45) is 0 Å². The number of methoxy groups -OCH3 is 2. The molecule has 7 heteroatoms. The van der Waals surface area contributed by atoms with Gasteiger partial charge in [-0.3, -0.25) is 4.79 Å². The van der Waals surface area contributed by atoms with Crippen LogP contribution in [-0.2, 0) is 11.2 Å². The third kappa shape index (κ3) is 4.41. The largest absolute Gasteiger partial charge is 0.493 e. The number of amides is 1. The van der Waals surface area contributed by atoms with Gasteiger partial charge in [-0.05, 0) is 23.8 Å². The second-order valence-corrected chi connectivity index (χ2v) is 6.13. The van der Waals surface area contributed by atoms with Gasteiger partial charge in [-0.25, -0.2) is 0 Å². The Morgan fingerprint density at radius 1 is 1.15 bits per heavy atom. The zero-order valence-corrected chi connectivity index (χ0v) is 15.1. The maximum Gasteiger partial charge on any atom is 0.233 e. The van der Waals surface area contributed by atoms with E-state index in [2.05, 4.69) is 10.2 Å². The summed E-state index contributed by atoms with van der Waals surface area (Å²) in [4.78, 5) is 14.5. The molecular formula is C19H23N3O4. The predicted octanol–water partition coefficient (Wildman–Crippen LogP) is 2.11. The van der Waals surface area contributed by atoms with E-state index in [4.69, 9.17) is 14.2 Å². The lowest BCUT2D eigenvalue weighted by Crippen LogP contribution is -2.42. The fourth-order valence-corrected chi connectivity index (χ4v) is 3.02. The number of ether oxygens (including phenoxy) is 3. The van der Waals surface area contributed by atoms with Crippen molar-refractivity contribution in [1.29, 1.82) is 0 Å². The van der Waals surface area contributed by atoms with Gasteiger partial charge in [0.15, 0.2) is 11.5 Å². The maximum absolute atomic E-state index is 12.6. The Bertz CT molecular complexity index is 731. The minimum atomic E-state index is 0.0665. The molecule has 1 saturated heterocycles. The minimum Gasteiger partial charge on any atom is -0.493 e. The Balaban J connectivity index is 1.52. The van der Waals surface area contributed by atoms with Crippen molar-refractivity contribution in [3.63, 3.8) is 0 Å². The highest BCUT2D eigenvalue weighted by Crippen LogP contribution is 2.28. The van der Waals surface area contributed by atoms with Gasteiger partial charge in [0.05, 0.1) is 20.6 Å². The molecule has 1 aliphatic rings. The summed E-state index contributed by atoms with van der Waals surface area (Å²) < 4.78 is 16.3. The van der Waals surface area contributed by atoms with Gasteiger partial charge in [0.25, 0.3) is 0 Å². The summed E-state index contributed by atoms with van der Waals surface area (Å²) in [5, 5.41) is 7.75. The monoisotopic (exact) mass is 357 g/mol. The number of hydrogen-bond donors (Lipinski definition) is 0. The molecule has 3 rings (SSSR count). The lowest BCUT2D eigenvalue weighted by Gasteiger charge is -2.32. The molecule has 1 aliphatic heterocycles. The molecule has 26 heavy (non-hydrogen) atoms. The Morgan fingerprint density at radius 2 is 1.92 bits per heavy atom. The first-order valence-electron chi connectivity index (χ1n) is 8.62. The topological polar surface area (TPSA) is 73.8 Å². The lowest BCUT2D eigenvalue weighted by atomic mass is 10.1. The molecular weight excluding hydrogens is 334 g/mol. The highest BCUT2D eigenvalue weighted by Gasteiger charge is 2.24. The molecule has 1 aromatic heterocycles. The van der Waals surface area contributed by atoms with Crippen LogP contribution in [0.15, 0.2) is 36.5 Å². The molecule has 0 aliphatic carbocycles. The van der Waals surface area contributed by atoms with E-state index in [-0.39, 0.29) is 12.0 Å². The van der Waals surface area contributed by atoms with Crippen LogP contribution in [0.4, 0.5) is 0 Å². The molecule has 1 aromatic carbocycles. The van der Waals surface area contributed by atoms with Crippen molar-refractivity contribution in [1.82, 2.24) is 15.1 Å². The molecule has 138 valence electrons. The Labute approximate surface area is 152 Å². The summed E-state index contributed by atoms with van der Waals surface area (Å²) in [6, 6.07) is 9.15. The van der Waals surface area contributed by atoms with Crippen molar-refractivity contribution < 1.29 is 19.0 Å². The first-order chi connectivity index (χ1) is 12.7. The first-order valence-corrected chi connectivity index (χ1v) is 8.62. The molecule has 0 N–H and O–H groups in total. The standard InChI is InChI=1S/C19H23N3O4/c1-24-16-6-5-14(12-17(16)25-2)13-19(23)22-10-7-15(8-11-22)26-18-4-3-9-20-21-18/h3-6,9,12,15H,7-8,10-11,13H2,1-2H3. The predicted molar refractivity (Wildman–Crippen MR) is 95.5 cm³/mol. The summed E-state index contributed by atoms with van der Waals surface area (Å²) >= 11 is 0. The van der Waals surface area contributed by atoms with Crippen molar-refractivity contribution >= 4 is 5.91 Å². The molecule has 2 heterocycles. The van der Waals surface area contributed by atoms with Gasteiger partial charge in [-0.15, -0.1) is 5.10 Å². The zero-order valence-electron chi connectivity index (χ0n) is 15.1. The van der Waals surface area contributed by atoms with Crippen LogP contribution in [0, 0.1) is 0 Å². The average Bonchev–Trinajstić information content (AvgIpc) is 2.69. The normalized spacial score (nSPS) is 14.8. The van der Waals surface area contributed by atoms with Crippen molar-refractivity contribution in [3.8, 4) is 17.4 Å². The van der Waals surface area contributed by atoms with Gasteiger partial charge in [-0.2, -0.15) is 5.10 Å². The first kappa shape index (κ1) is 18.0. The van der Waals surface area contributed by atoms with Gasteiger partial charge in [0.1, 0.15) is 6.10 Å². The summed E-state index contributed by atoms with van der Waals surface area (Å²) in [5.41, 5.74) is 0.908. The van der Waals surface area contributed by atoms with E-state index in [9.17, 15) is 4.79 Å². The lowest BCUT2D eigenvalue weighted by molar-refractivity contribution is -0.132. The van der Waals surface area contributed by atoms with Crippen LogP contribution in [-0.4, -0.2) is 54.4 Å². The Hall–Kier alpha value is -2.83. The highest BCUT2D eigenvalue weighted by molar-refractivity contribution is 5.79. The molecule has 0 atom stereocenters. The third-order valence-electron chi connectivity index (χ3n) is 4.43. The molecule has 0 bridgehead atoms. The molecule has 0 unspecified atom stereocenters. The van der Waals surface area contributed by atoms with Crippen LogP contribution in [0.2, 0.25) is 0 Å². The van der Waals surface area contributed by atoms with E-state index in [1.165, 1.54) is 0 Å². The number of nitrogens with zero attached hydrogens (tertiary/aromatic N) is 3. The average molecular weight is 357 g/mol. The Morgan fingerprint density at radius 3 is 2.58 bits per heavy atom. The van der Waals surface area contributed by atoms with Gasteiger partial charge >= 0.3 is 0 Å². The highest BCUT2D eigenvalue weighted by atomic mass is 16.5. The molecule has 0 saturated carbocycles. The summed E-state index contributed by atoms with van der Waals surface area (Å²) in [6.45, 7) is 1.36. The SMILES string of the molecule is COc1ccc(CC(=O)N2CCC(Oc3cccnn3)CC2)cc1OC. The number of rotatable bonds is 6. The second kappa shape index (κ2) is 8.51. The van der Waals surface area contributed by atoms with Crippen LogP contribution in [0.5, 0.6) is 17.4 Å². The quantitative estimate of drug-likeness (QED) is 0.788. The maximum atomic E-state index is 12.6. The van der Waals surface area contributed by atoms with Crippen LogP contribution in [0.1, 0.15) is 18.4 Å². The van der Waals surface area contributed by atoms with E-state index in [1.54, 1.807) is 32.5 Å². The van der Waals surface area contributed by atoms with E-state index in [1.807, 2.05) is 23.1 Å². The third-order valence-corrected chi connectivity index (χ3v) is 4.43. The van der Waals surface area contributed by atoms with E-state index >= 15 is 0 Å². The van der Waals surface area contributed by atoms with Gasteiger partial charge in [-0.1, -0.05) is 6.07 Å². The number of carbonyl (C=O) groups excluding carboxylic acids is 1. The zero-order chi connectivity index (χ0) is 18.4. The molecule has 0 spiro atoms. The van der Waals surface area contributed by atoms with Crippen molar-refractivity contribution in [2.75, 3.05) is 27.3 Å². The molecule has 0 radical (unpaired) electrons. The smallest absolute Gasteiger partial charge is 0.233 e. The van der Waals surface area contributed by atoms with Crippen LogP contribution >= 0.6 is 0 Å². The van der Waals surface area contributed by atoms with Crippen LogP contribution in [0.25, 0.3) is 0 Å². The molecule has 2 aromatic rings. The van der Waals surface area contributed by atoms with E-state index < -0.39 is 0 Å². The minimum absolute atomic E-state index is 0.0665. The van der Waals surface area contributed by atoms with E-state index in [0.29, 0.717) is 36.9 Å². The van der Waals surface area contributed by atoms with Crippen LogP contribution < -0.4 is 14.2 Å². The number of benzene rings is 1. The number of carbonyl (C=O) groups is 1. The van der Waals surface area contributed by atoms with Gasteiger partial charge < -0.3 is 19.1 Å². The van der Waals surface area contributed by atoms with E-state index in [0.717, 1.165) is 18.4 Å². The van der Waals surface area contributed by atoms with Crippen molar-refractivity contribution in [2.45, 2.75) is 25.4 Å². The number of piperidine rings is 1. The van der Waals surface area contributed by atoms with Crippen molar-refractivity contribution in [3.05, 3.63) is 42.1 Å². The van der Waals surface area contributed by atoms with Gasteiger partial charge in [0, 0.05) is 38.2 Å². The number of hydrogen-bond acceptors (Lipinski definition) is 6. The van der Waals surface area contributed by atoms with Gasteiger partial charge in [0.2, 0.25) is 11.8 Å². The number of aromatic nitrogens is 2. The second-order valence-electron chi connectivity index (χ2n) is 6.13. The summed E-state index contributed by atoms with van der Waals surface area (Å²) in [7, 11) is 3.18. The van der Waals surface area contributed by atoms with Crippen LogP contribution in [0.3, 0.4) is 0 Å². The molecule has 1 amide bonds.